The van der Waals surface area contributed by atoms with E-state index in [1.165, 1.54) is 23.3 Å². The number of likely N-dealkylation sites (N-methyl/N-ethyl adjacent to an activating group) is 1. The Bertz CT molecular complexity index is 1530. The molecular weight excluding hydrogens is 692 g/mol. The lowest BCUT2D eigenvalue weighted by molar-refractivity contribution is -0.141. The highest BCUT2D eigenvalue weighted by Gasteiger charge is 2.32. The SMILES string of the molecule is CCCC(=O)NNC(=O)[C@H](Cc1ccccc1)N(CC)C(=O)CNC(=O)[C@@H](CCS(C)=O)NC(=O)[C@H](Cc1ccc(O)cc1)NC(=O)OC(C)(C)C. The fourth-order valence-corrected chi connectivity index (χ4v) is 5.56. The molecule has 0 bridgehead atoms. The summed E-state index contributed by atoms with van der Waals surface area (Å²) in [7, 11) is -1.34. The summed E-state index contributed by atoms with van der Waals surface area (Å²) in [5, 5.41) is 17.4. The van der Waals surface area contributed by atoms with Gasteiger partial charge >= 0.3 is 6.09 Å². The van der Waals surface area contributed by atoms with Crippen molar-refractivity contribution in [2.75, 3.05) is 25.1 Å². The van der Waals surface area contributed by atoms with E-state index in [4.69, 9.17) is 4.74 Å². The highest BCUT2D eigenvalue weighted by atomic mass is 32.2. The number of nitrogens with one attached hydrogen (secondary N) is 5. The number of amides is 6. The number of alkyl carbamates (subject to hydrolysis) is 1. The number of hydrazine groups is 1. The van der Waals surface area contributed by atoms with Gasteiger partial charge in [0.2, 0.25) is 23.6 Å². The molecule has 0 heterocycles. The molecule has 2 aromatic rings. The quantitative estimate of drug-likeness (QED) is 0.122. The van der Waals surface area contributed by atoms with Crippen molar-refractivity contribution in [3.63, 3.8) is 0 Å². The van der Waals surface area contributed by atoms with E-state index >= 15 is 0 Å². The first kappa shape index (κ1) is 43.2. The first-order chi connectivity index (χ1) is 24.5. The van der Waals surface area contributed by atoms with Crippen molar-refractivity contribution in [1.82, 2.24) is 31.7 Å². The van der Waals surface area contributed by atoms with Gasteiger partial charge in [-0.3, -0.25) is 39.0 Å². The minimum Gasteiger partial charge on any atom is -0.508 e. The maximum Gasteiger partial charge on any atom is 0.408 e. The number of aromatic hydroxyl groups is 1. The maximum absolute atomic E-state index is 13.6. The van der Waals surface area contributed by atoms with Gasteiger partial charge in [-0.15, -0.1) is 0 Å². The first-order valence-corrected chi connectivity index (χ1v) is 18.8. The first-order valence-electron chi connectivity index (χ1n) is 17.1. The Morgan fingerprint density at radius 1 is 0.827 bits per heavy atom. The minimum atomic E-state index is -1.34. The average molecular weight is 745 g/mol. The molecule has 6 N–H and O–H groups in total. The Morgan fingerprint density at radius 2 is 1.46 bits per heavy atom. The van der Waals surface area contributed by atoms with Crippen molar-refractivity contribution in [2.45, 2.75) is 90.4 Å². The van der Waals surface area contributed by atoms with Gasteiger partial charge < -0.3 is 30.7 Å². The summed E-state index contributed by atoms with van der Waals surface area (Å²) in [6.45, 7) is 8.03. The van der Waals surface area contributed by atoms with Crippen LogP contribution in [0.5, 0.6) is 5.75 Å². The van der Waals surface area contributed by atoms with E-state index in [9.17, 15) is 38.1 Å². The van der Waals surface area contributed by atoms with Crippen LogP contribution >= 0.6 is 0 Å². The van der Waals surface area contributed by atoms with E-state index in [1.54, 1.807) is 64.1 Å². The third-order valence-electron chi connectivity index (χ3n) is 7.54. The second kappa shape index (κ2) is 21.4. The number of nitrogens with zero attached hydrogens (tertiary/aromatic N) is 1. The van der Waals surface area contributed by atoms with Crippen LogP contribution in [0, 0.1) is 0 Å². The van der Waals surface area contributed by atoms with E-state index in [-0.39, 0.29) is 49.6 Å². The van der Waals surface area contributed by atoms with Gasteiger partial charge in [-0.1, -0.05) is 49.4 Å². The number of benzene rings is 2. The highest BCUT2D eigenvalue weighted by molar-refractivity contribution is 7.84. The zero-order valence-electron chi connectivity index (χ0n) is 30.7. The van der Waals surface area contributed by atoms with Crippen LogP contribution in [0.2, 0.25) is 0 Å². The number of rotatable bonds is 18. The van der Waals surface area contributed by atoms with Gasteiger partial charge in [0.1, 0.15) is 29.5 Å². The molecule has 0 aliphatic rings. The number of phenols is 1. The van der Waals surface area contributed by atoms with Gasteiger partial charge in [-0.05, 0) is 63.8 Å². The Balaban J connectivity index is 2.25. The third-order valence-corrected chi connectivity index (χ3v) is 8.35. The van der Waals surface area contributed by atoms with Crippen LogP contribution in [-0.4, -0.2) is 98.7 Å². The lowest BCUT2D eigenvalue weighted by atomic mass is 10.0. The molecule has 0 fully saturated rings. The number of ether oxygens (including phenoxy) is 1. The van der Waals surface area contributed by atoms with Gasteiger partial charge in [0.05, 0.1) is 6.54 Å². The van der Waals surface area contributed by atoms with Crippen molar-refractivity contribution in [3.8, 4) is 5.75 Å². The molecule has 2 aromatic carbocycles. The van der Waals surface area contributed by atoms with Crippen LogP contribution in [0.3, 0.4) is 0 Å². The lowest BCUT2D eigenvalue weighted by Crippen LogP contribution is -2.58. The molecule has 4 atom stereocenters. The maximum atomic E-state index is 13.6. The molecule has 15 nitrogen and oxygen atoms in total. The number of carbonyl (C=O) groups is 6. The molecule has 52 heavy (non-hydrogen) atoms. The van der Waals surface area contributed by atoms with E-state index < -0.39 is 70.8 Å². The summed E-state index contributed by atoms with van der Waals surface area (Å²) >= 11 is 0. The molecule has 6 amide bonds. The predicted octanol–water partition coefficient (Wildman–Crippen LogP) is 1.60. The van der Waals surface area contributed by atoms with Crippen molar-refractivity contribution in [2.24, 2.45) is 0 Å². The predicted molar refractivity (Wildman–Crippen MR) is 196 cm³/mol. The van der Waals surface area contributed by atoms with E-state index in [2.05, 4.69) is 26.8 Å². The summed E-state index contributed by atoms with van der Waals surface area (Å²) in [5.41, 5.74) is 5.25. The molecule has 2 rings (SSSR count). The van der Waals surface area contributed by atoms with Gasteiger partial charge in [0, 0.05) is 48.6 Å². The molecule has 0 radical (unpaired) electrons. The highest BCUT2D eigenvalue weighted by Crippen LogP contribution is 2.14. The molecular formula is C36H52N6O9S. The monoisotopic (exact) mass is 744 g/mol. The molecule has 1 unspecified atom stereocenters. The van der Waals surface area contributed by atoms with Crippen LogP contribution in [0.4, 0.5) is 4.79 Å². The minimum absolute atomic E-state index is 0.0103. The standard InChI is InChI=1S/C36H52N6O9S/c1-7-12-30(44)40-41-34(48)29(22-24-13-10-9-11-14-24)42(8-2)31(45)23-37-32(46)27(19-20-52(6)50)38-33(47)28(39-35(49)51-36(3,4)5)21-25-15-17-26(43)18-16-25/h9-11,13-18,27-29,43H,7-8,12,19-23H2,1-6H3,(H,37,46)(H,38,47)(H,39,49)(H,40,44)(H,41,48)/t27-,28+,29+,52?/m1/s1. The van der Waals surface area contributed by atoms with E-state index in [0.717, 1.165) is 5.56 Å². The van der Waals surface area contributed by atoms with E-state index in [0.29, 0.717) is 12.0 Å². The van der Waals surface area contributed by atoms with Crippen molar-refractivity contribution in [3.05, 3.63) is 65.7 Å². The summed E-state index contributed by atoms with van der Waals surface area (Å²) in [4.78, 5) is 80.0. The molecule has 0 saturated heterocycles. The van der Waals surface area contributed by atoms with Crippen LogP contribution in [0.15, 0.2) is 54.6 Å². The van der Waals surface area contributed by atoms with Crippen LogP contribution in [0.25, 0.3) is 0 Å². The van der Waals surface area contributed by atoms with Crippen LogP contribution < -0.4 is 26.8 Å². The molecule has 0 saturated carbocycles. The number of phenolic OH excluding ortho intramolecular Hbond substituents is 1. The fraction of sp³-hybridized carbons (Fsp3) is 0.500. The Kier molecular flexibility index (Phi) is 17.8. The number of hydrogen-bond acceptors (Lipinski definition) is 9. The molecule has 0 spiro atoms. The topological polar surface area (TPSA) is 212 Å². The van der Waals surface area contributed by atoms with Crippen LogP contribution in [0.1, 0.15) is 65.0 Å². The summed E-state index contributed by atoms with van der Waals surface area (Å²) < 4.78 is 17.3. The van der Waals surface area contributed by atoms with Gasteiger partial charge in [-0.2, -0.15) is 0 Å². The zero-order valence-corrected chi connectivity index (χ0v) is 31.5. The molecule has 0 aromatic heterocycles. The van der Waals surface area contributed by atoms with Crippen molar-refractivity contribution in [1.29, 1.82) is 0 Å². The van der Waals surface area contributed by atoms with E-state index in [1.807, 2.05) is 13.0 Å². The normalized spacial score (nSPS) is 13.3. The fourth-order valence-electron chi connectivity index (χ4n) is 5.00. The molecule has 16 heteroatoms. The Morgan fingerprint density at radius 3 is 2.04 bits per heavy atom. The Hall–Kier alpha value is -4.99. The zero-order chi connectivity index (χ0) is 38.8. The second-order valence-corrected chi connectivity index (χ2v) is 14.6. The van der Waals surface area contributed by atoms with Crippen molar-refractivity contribution >= 4 is 46.4 Å². The number of hydrogen-bond donors (Lipinski definition) is 6. The number of carbonyl (C=O) groups excluding carboxylic acids is 6. The smallest absolute Gasteiger partial charge is 0.408 e. The van der Waals surface area contributed by atoms with Gasteiger partial charge in [0.25, 0.3) is 5.91 Å². The summed E-state index contributed by atoms with van der Waals surface area (Å²) in [6, 6.07) is 11.5. The molecule has 0 aliphatic heterocycles. The molecule has 286 valence electrons. The molecule has 0 aliphatic carbocycles. The average Bonchev–Trinajstić information content (AvgIpc) is 3.08. The largest absolute Gasteiger partial charge is 0.508 e. The second-order valence-electron chi connectivity index (χ2n) is 13.1. The Labute approximate surface area is 307 Å². The van der Waals surface area contributed by atoms with Crippen LogP contribution in [-0.2, 0) is 52.4 Å². The lowest BCUT2D eigenvalue weighted by Gasteiger charge is -2.30. The van der Waals surface area contributed by atoms with Gasteiger partial charge in [-0.25, -0.2) is 4.79 Å². The summed E-state index contributed by atoms with van der Waals surface area (Å²) in [5.74, 6) is -3.06. The van der Waals surface area contributed by atoms with Crippen molar-refractivity contribution < 1.29 is 42.8 Å². The van der Waals surface area contributed by atoms with Gasteiger partial charge in [0.15, 0.2) is 0 Å². The third kappa shape index (κ3) is 15.9. The summed E-state index contributed by atoms with van der Waals surface area (Å²) in [6.07, 6.45) is 1.39.